The summed E-state index contributed by atoms with van der Waals surface area (Å²) in [6.07, 6.45) is 6.89. The largest absolute Gasteiger partial charge is 0.386 e. The van der Waals surface area contributed by atoms with E-state index in [0.717, 1.165) is 41.5 Å². The molecule has 5 N–H and O–H groups in total. The Balaban J connectivity index is 1.40. The molecule has 0 amide bonds. The van der Waals surface area contributed by atoms with Crippen LogP contribution in [0.15, 0.2) is 36.8 Å². The van der Waals surface area contributed by atoms with Crippen LogP contribution >= 0.6 is 0 Å². The SMILES string of the molecule is CNc1cc(F)cc2c1[nH]c1nc(Nc3cnc4nccnc4c3)nc(N3CC4C[C@@H]3C[C@H]4N)c12. The van der Waals surface area contributed by atoms with Gasteiger partial charge in [-0.2, -0.15) is 9.97 Å². The van der Waals surface area contributed by atoms with E-state index in [9.17, 15) is 4.39 Å². The molecule has 1 saturated heterocycles. The van der Waals surface area contributed by atoms with Gasteiger partial charge in [-0.25, -0.2) is 14.4 Å². The Kier molecular flexibility index (Phi) is 4.31. The Morgan fingerprint density at radius 1 is 1.11 bits per heavy atom. The summed E-state index contributed by atoms with van der Waals surface area (Å²) in [5.41, 5.74) is 10.4. The van der Waals surface area contributed by atoms with Crippen LogP contribution in [-0.2, 0) is 0 Å². The van der Waals surface area contributed by atoms with Gasteiger partial charge in [0.15, 0.2) is 5.65 Å². The number of hydrogen-bond acceptors (Lipinski definition) is 9. The highest BCUT2D eigenvalue weighted by Gasteiger charge is 2.44. The first-order chi connectivity index (χ1) is 17.1. The molecule has 2 fully saturated rings. The molecule has 1 aliphatic carbocycles. The highest BCUT2D eigenvalue weighted by atomic mass is 19.1. The Morgan fingerprint density at radius 2 is 2.00 bits per heavy atom. The number of nitrogens with zero attached hydrogens (tertiary/aromatic N) is 6. The lowest BCUT2D eigenvalue weighted by atomic mass is 10.0. The molecule has 10 nitrogen and oxygen atoms in total. The van der Waals surface area contributed by atoms with E-state index in [2.05, 4.69) is 35.5 Å². The molecule has 176 valence electrons. The third-order valence-corrected chi connectivity index (χ3v) is 7.22. The molecule has 1 unspecified atom stereocenters. The average molecular weight is 471 g/mol. The lowest BCUT2D eigenvalue weighted by Gasteiger charge is -2.31. The average Bonchev–Trinajstić information content (AvgIpc) is 3.55. The van der Waals surface area contributed by atoms with Gasteiger partial charge < -0.3 is 26.3 Å². The number of piperidine rings is 1. The Hall–Kier alpha value is -4.12. The van der Waals surface area contributed by atoms with Gasteiger partial charge in [0.05, 0.1) is 28.5 Å². The zero-order valence-corrected chi connectivity index (χ0v) is 19.0. The van der Waals surface area contributed by atoms with Crippen molar-refractivity contribution >= 4 is 56.2 Å². The minimum atomic E-state index is -0.316. The summed E-state index contributed by atoms with van der Waals surface area (Å²) < 4.78 is 14.5. The summed E-state index contributed by atoms with van der Waals surface area (Å²) in [5.74, 6) is 1.32. The molecule has 7 rings (SSSR count). The van der Waals surface area contributed by atoms with E-state index in [4.69, 9.17) is 15.7 Å². The molecule has 1 aromatic carbocycles. The van der Waals surface area contributed by atoms with Crippen molar-refractivity contribution in [2.24, 2.45) is 11.7 Å². The number of nitrogens with two attached hydrogens (primary N) is 1. The van der Waals surface area contributed by atoms with Gasteiger partial charge in [-0.05, 0) is 37.0 Å². The Morgan fingerprint density at radius 3 is 2.80 bits per heavy atom. The molecule has 2 bridgehead atoms. The van der Waals surface area contributed by atoms with Crippen molar-refractivity contribution in [3.63, 3.8) is 0 Å². The summed E-state index contributed by atoms with van der Waals surface area (Å²) in [7, 11) is 1.77. The molecule has 2 aliphatic rings. The molecular formula is C24H23FN10. The van der Waals surface area contributed by atoms with Gasteiger partial charge in [0.1, 0.15) is 22.8 Å². The van der Waals surface area contributed by atoms with Crippen molar-refractivity contribution in [3.8, 4) is 0 Å². The van der Waals surface area contributed by atoms with Gasteiger partial charge in [0, 0.05) is 43.5 Å². The molecule has 1 saturated carbocycles. The number of hydrogen-bond donors (Lipinski definition) is 4. The molecule has 1 aliphatic heterocycles. The molecule has 3 atom stereocenters. The van der Waals surface area contributed by atoms with Crippen LogP contribution in [-0.4, -0.2) is 55.6 Å². The predicted molar refractivity (Wildman–Crippen MR) is 133 cm³/mol. The first-order valence-electron chi connectivity index (χ1n) is 11.6. The molecule has 5 aromatic rings. The van der Waals surface area contributed by atoms with Crippen LogP contribution in [0.1, 0.15) is 12.8 Å². The highest BCUT2D eigenvalue weighted by molar-refractivity contribution is 6.15. The number of rotatable bonds is 4. The number of anilines is 4. The summed E-state index contributed by atoms with van der Waals surface area (Å²) in [6, 6.07) is 5.40. The minimum absolute atomic E-state index is 0.215. The zero-order chi connectivity index (χ0) is 23.7. The monoisotopic (exact) mass is 470 g/mol. The van der Waals surface area contributed by atoms with Crippen molar-refractivity contribution in [2.75, 3.05) is 29.1 Å². The van der Waals surface area contributed by atoms with Crippen molar-refractivity contribution < 1.29 is 4.39 Å². The normalized spacial score (nSPS) is 21.5. The quantitative estimate of drug-likeness (QED) is 0.312. The molecule has 11 heteroatoms. The van der Waals surface area contributed by atoms with E-state index in [0.29, 0.717) is 46.1 Å². The maximum atomic E-state index is 14.5. The summed E-state index contributed by atoms with van der Waals surface area (Å²) in [4.78, 5) is 28.3. The lowest BCUT2D eigenvalue weighted by Crippen LogP contribution is -2.41. The number of H-pyrrole nitrogens is 1. The predicted octanol–water partition coefficient (Wildman–Crippen LogP) is 3.30. The van der Waals surface area contributed by atoms with E-state index in [1.165, 1.54) is 6.07 Å². The maximum absolute atomic E-state index is 14.5. The van der Waals surface area contributed by atoms with E-state index in [-0.39, 0.29) is 11.9 Å². The maximum Gasteiger partial charge on any atom is 0.231 e. The molecule has 0 radical (unpaired) electrons. The summed E-state index contributed by atoms with van der Waals surface area (Å²) in [6.45, 7) is 0.825. The first kappa shape index (κ1) is 20.3. The van der Waals surface area contributed by atoms with Crippen LogP contribution in [0, 0.1) is 11.7 Å². The number of aromatic nitrogens is 6. The van der Waals surface area contributed by atoms with Gasteiger partial charge in [-0.15, -0.1) is 0 Å². The fraction of sp³-hybridized carbons (Fsp3) is 0.292. The number of nitrogens with one attached hydrogen (secondary N) is 3. The smallest absolute Gasteiger partial charge is 0.231 e. The standard InChI is InChI=1S/C24H23FN10/c1-27-17-6-12(25)5-15-19-22(32-20(15)17)33-24(31-13-7-18-21(30-9-13)29-3-2-28-18)34-23(19)35-10-11-4-14(35)8-16(11)26/h2-3,5-7,9,11,14,16,27H,4,8,10,26H2,1H3,(H2,31,32,33,34)/t11?,14-,16-/m1/s1. The zero-order valence-electron chi connectivity index (χ0n) is 19.0. The minimum Gasteiger partial charge on any atom is -0.386 e. The lowest BCUT2D eigenvalue weighted by molar-refractivity contribution is 0.471. The van der Waals surface area contributed by atoms with Gasteiger partial charge in [-0.1, -0.05) is 0 Å². The van der Waals surface area contributed by atoms with Crippen molar-refractivity contribution in [3.05, 3.63) is 42.6 Å². The second-order valence-corrected chi connectivity index (χ2v) is 9.29. The number of pyridine rings is 1. The highest BCUT2D eigenvalue weighted by Crippen LogP contribution is 2.43. The fourth-order valence-corrected chi connectivity index (χ4v) is 5.61. The van der Waals surface area contributed by atoms with Gasteiger partial charge >= 0.3 is 0 Å². The van der Waals surface area contributed by atoms with E-state index >= 15 is 0 Å². The van der Waals surface area contributed by atoms with Crippen LogP contribution < -0.4 is 21.3 Å². The van der Waals surface area contributed by atoms with Crippen molar-refractivity contribution in [1.29, 1.82) is 0 Å². The number of aromatic amines is 1. The number of fused-ring (bicyclic) bond motifs is 6. The molecule has 0 spiro atoms. The van der Waals surface area contributed by atoms with Crippen LogP contribution in [0.5, 0.6) is 0 Å². The van der Waals surface area contributed by atoms with Gasteiger partial charge in [0.2, 0.25) is 5.95 Å². The second kappa shape index (κ2) is 7.44. The Labute approximate surface area is 199 Å². The first-order valence-corrected chi connectivity index (χ1v) is 11.6. The van der Waals surface area contributed by atoms with E-state index in [1.807, 2.05) is 6.07 Å². The molecule has 5 heterocycles. The summed E-state index contributed by atoms with van der Waals surface area (Å²) in [5, 5.41) is 7.92. The molecule has 35 heavy (non-hydrogen) atoms. The van der Waals surface area contributed by atoms with E-state index < -0.39 is 0 Å². The van der Waals surface area contributed by atoms with Crippen LogP contribution in [0.4, 0.5) is 27.5 Å². The van der Waals surface area contributed by atoms with E-state index in [1.54, 1.807) is 31.7 Å². The van der Waals surface area contributed by atoms with Gasteiger partial charge in [0.25, 0.3) is 0 Å². The Bertz CT molecular complexity index is 1610. The van der Waals surface area contributed by atoms with Gasteiger partial charge in [-0.3, -0.25) is 4.98 Å². The third-order valence-electron chi connectivity index (χ3n) is 7.22. The van der Waals surface area contributed by atoms with Crippen molar-refractivity contribution in [1.82, 2.24) is 29.9 Å². The van der Waals surface area contributed by atoms with Crippen LogP contribution in [0.2, 0.25) is 0 Å². The molecular weight excluding hydrogens is 447 g/mol. The van der Waals surface area contributed by atoms with Crippen LogP contribution in [0.3, 0.4) is 0 Å². The fourth-order valence-electron chi connectivity index (χ4n) is 5.61. The number of halogens is 1. The van der Waals surface area contributed by atoms with Crippen LogP contribution in [0.25, 0.3) is 33.1 Å². The molecule has 4 aromatic heterocycles. The number of benzene rings is 1. The van der Waals surface area contributed by atoms with Crippen molar-refractivity contribution in [2.45, 2.75) is 24.9 Å². The summed E-state index contributed by atoms with van der Waals surface area (Å²) >= 11 is 0. The third kappa shape index (κ3) is 3.15. The second-order valence-electron chi connectivity index (χ2n) is 9.29. The topological polar surface area (TPSA) is 134 Å².